The van der Waals surface area contributed by atoms with E-state index in [0.717, 1.165) is 17.5 Å². The monoisotopic (exact) mass is 437 g/mol. The van der Waals surface area contributed by atoms with Gasteiger partial charge in [-0.1, -0.05) is 30.3 Å². The standard InChI is InChI=1S/C25H28FN3O3/c1-3-18(2)29(24(30)20-7-5-4-6-8-20)17-22-23(19-9-11-21(26)12-10-19)27-32-25(22)28-13-15-31-16-14-28/h4-12,18H,3,13-17H2,1-2H3. The molecule has 1 aliphatic heterocycles. The summed E-state index contributed by atoms with van der Waals surface area (Å²) in [5.74, 6) is 0.286. The van der Waals surface area contributed by atoms with Gasteiger partial charge in [-0.2, -0.15) is 0 Å². The van der Waals surface area contributed by atoms with E-state index in [0.29, 0.717) is 50.0 Å². The molecule has 0 spiro atoms. The minimum atomic E-state index is -0.312. The quantitative estimate of drug-likeness (QED) is 0.534. The SMILES string of the molecule is CCC(C)N(Cc1c(-c2ccc(F)cc2)noc1N1CCOCC1)C(=O)c1ccccc1. The Hall–Kier alpha value is -3.19. The minimum Gasteiger partial charge on any atom is -0.378 e. The van der Waals surface area contributed by atoms with E-state index >= 15 is 0 Å². The fourth-order valence-corrected chi connectivity index (χ4v) is 3.86. The molecular formula is C25H28FN3O3. The third-order valence-corrected chi connectivity index (χ3v) is 5.92. The number of carbonyl (C=O) groups is 1. The summed E-state index contributed by atoms with van der Waals surface area (Å²) in [6.07, 6.45) is 0.808. The summed E-state index contributed by atoms with van der Waals surface area (Å²) >= 11 is 0. The number of hydrogen-bond acceptors (Lipinski definition) is 5. The zero-order chi connectivity index (χ0) is 22.5. The molecule has 168 valence electrons. The van der Waals surface area contributed by atoms with Gasteiger partial charge < -0.3 is 19.1 Å². The first-order valence-electron chi connectivity index (χ1n) is 11.0. The summed E-state index contributed by atoms with van der Waals surface area (Å²) in [5, 5.41) is 4.34. The van der Waals surface area contributed by atoms with Gasteiger partial charge in [0, 0.05) is 30.3 Å². The van der Waals surface area contributed by atoms with Crippen molar-refractivity contribution in [2.45, 2.75) is 32.9 Å². The fourth-order valence-electron chi connectivity index (χ4n) is 3.86. The number of amides is 1. The largest absolute Gasteiger partial charge is 0.378 e. The summed E-state index contributed by atoms with van der Waals surface area (Å²) < 4.78 is 24.8. The van der Waals surface area contributed by atoms with E-state index in [9.17, 15) is 9.18 Å². The summed E-state index contributed by atoms with van der Waals surface area (Å²) in [6.45, 7) is 7.01. The normalized spacial score (nSPS) is 14.9. The van der Waals surface area contributed by atoms with Crippen LogP contribution < -0.4 is 4.90 Å². The van der Waals surface area contributed by atoms with E-state index in [4.69, 9.17) is 9.26 Å². The molecular weight excluding hydrogens is 409 g/mol. The van der Waals surface area contributed by atoms with Gasteiger partial charge in [0.05, 0.1) is 25.3 Å². The van der Waals surface area contributed by atoms with Crippen molar-refractivity contribution >= 4 is 11.8 Å². The van der Waals surface area contributed by atoms with E-state index in [-0.39, 0.29) is 17.8 Å². The van der Waals surface area contributed by atoms with Gasteiger partial charge in [-0.15, -0.1) is 0 Å². The van der Waals surface area contributed by atoms with Crippen LogP contribution in [-0.4, -0.2) is 48.3 Å². The van der Waals surface area contributed by atoms with Crippen molar-refractivity contribution in [3.8, 4) is 11.3 Å². The molecule has 1 aromatic heterocycles. The smallest absolute Gasteiger partial charge is 0.254 e. The maximum absolute atomic E-state index is 13.5. The zero-order valence-electron chi connectivity index (χ0n) is 18.5. The highest BCUT2D eigenvalue weighted by Crippen LogP contribution is 2.34. The Morgan fingerprint density at radius 1 is 1.12 bits per heavy atom. The van der Waals surface area contributed by atoms with Crippen LogP contribution >= 0.6 is 0 Å². The summed E-state index contributed by atoms with van der Waals surface area (Å²) in [7, 11) is 0. The molecule has 2 aromatic carbocycles. The fraction of sp³-hybridized carbons (Fsp3) is 0.360. The van der Waals surface area contributed by atoms with Crippen molar-refractivity contribution in [2.75, 3.05) is 31.2 Å². The number of halogens is 1. The summed E-state index contributed by atoms with van der Waals surface area (Å²) in [4.78, 5) is 17.4. The molecule has 0 radical (unpaired) electrons. The number of ether oxygens (including phenoxy) is 1. The van der Waals surface area contributed by atoms with E-state index in [2.05, 4.69) is 17.0 Å². The molecule has 2 heterocycles. The highest BCUT2D eigenvalue weighted by atomic mass is 19.1. The first-order chi connectivity index (χ1) is 15.6. The molecule has 0 N–H and O–H groups in total. The lowest BCUT2D eigenvalue weighted by atomic mass is 10.0. The van der Waals surface area contributed by atoms with Crippen molar-refractivity contribution in [1.82, 2.24) is 10.1 Å². The third-order valence-electron chi connectivity index (χ3n) is 5.92. The van der Waals surface area contributed by atoms with E-state index < -0.39 is 0 Å². The molecule has 1 atom stereocenters. The first kappa shape index (κ1) is 22.0. The van der Waals surface area contributed by atoms with Crippen LogP contribution in [0.1, 0.15) is 36.2 Å². The number of hydrogen-bond donors (Lipinski definition) is 0. The second-order valence-corrected chi connectivity index (χ2v) is 7.98. The Kier molecular flexibility index (Phi) is 6.85. The molecule has 4 rings (SSSR count). The molecule has 1 aliphatic rings. The van der Waals surface area contributed by atoms with Crippen LogP contribution in [0.3, 0.4) is 0 Å². The summed E-state index contributed by atoms with van der Waals surface area (Å²) in [5.41, 5.74) is 2.84. The number of nitrogens with zero attached hydrogens (tertiary/aromatic N) is 3. The molecule has 1 unspecified atom stereocenters. The third kappa shape index (κ3) is 4.67. The number of anilines is 1. The molecule has 6 nitrogen and oxygen atoms in total. The topological polar surface area (TPSA) is 58.8 Å². The van der Waals surface area contributed by atoms with Crippen LogP contribution in [0, 0.1) is 5.82 Å². The average Bonchev–Trinajstić information content (AvgIpc) is 3.26. The van der Waals surface area contributed by atoms with Crippen LogP contribution in [0.2, 0.25) is 0 Å². The van der Waals surface area contributed by atoms with Gasteiger partial charge in [-0.25, -0.2) is 4.39 Å². The van der Waals surface area contributed by atoms with Crippen molar-refractivity contribution in [3.63, 3.8) is 0 Å². The molecule has 1 fully saturated rings. The number of benzene rings is 2. The van der Waals surface area contributed by atoms with Gasteiger partial charge >= 0.3 is 0 Å². The maximum Gasteiger partial charge on any atom is 0.254 e. The van der Waals surface area contributed by atoms with Gasteiger partial charge in [0.15, 0.2) is 0 Å². The van der Waals surface area contributed by atoms with Crippen LogP contribution in [0.5, 0.6) is 0 Å². The van der Waals surface area contributed by atoms with Crippen LogP contribution in [0.4, 0.5) is 10.3 Å². The highest BCUT2D eigenvalue weighted by molar-refractivity contribution is 5.94. The molecule has 3 aromatic rings. The average molecular weight is 438 g/mol. The second kappa shape index (κ2) is 9.96. The molecule has 0 saturated carbocycles. The lowest BCUT2D eigenvalue weighted by Crippen LogP contribution is -2.39. The van der Waals surface area contributed by atoms with Crippen molar-refractivity contribution in [3.05, 3.63) is 71.5 Å². The van der Waals surface area contributed by atoms with Crippen LogP contribution in [0.25, 0.3) is 11.3 Å². The van der Waals surface area contributed by atoms with Gasteiger partial charge in [0.1, 0.15) is 11.5 Å². The lowest BCUT2D eigenvalue weighted by Gasteiger charge is -2.31. The van der Waals surface area contributed by atoms with E-state index in [1.54, 1.807) is 12.1 Å². The van der Waals surface area contributed by atoms with Crippen LogP contribution in [-0.2, 0) is 11.3 Å². The lowest BCUT2D eigenvalue weighted by molar-refractivity contribution is 0.0671. The molecule has 32 heavy (non-hydrogen) atoms. The minimum absolute atomic E-state index is 0.0104. The zero-order valence-corrected chi connectivity index (χ0v) is 18.5. The van der Waals surface area contributed by atoms with Gasteiger partial charge in [0.2, 0.25) is 5.88 Å². The number of carbonyl (C=O) groups excluding carboxylic acids is 1. The van der Waals surface area contributed by atoms with E-state index in [1.807, 2.05) is 42.2 Å². The van der Waals surface area contributed by atoms with Crippen molar-refractivity contribution < 1.29 is 18.4 Å². The molecule has 1 amide bonds. The Morgan fingerprint density at radius 3 is 2.47 bits per heavy atom. The molecule has 1 saturated heterocycles. The number of morpholine rings is 1. The predicted octanol–water partition coefficient (Wildman–Crippen LogP) is 4.76. The van der Waals surface area contributed by atoms with E-state index in [1.165, 1.54) is 12.1 Å². The number of aromatic nitrogens is 1. The molecule has 0 aliphatic carbocycles. The molecule has 7 heteroatoms. The Balaban J connectivity index is 1.75. The number of rotatable bonds is 7. The predicted molar refractivity (Wildman–Crippen MR) is 121 cm³/mol. The summed E-state index contributed by atoms with van der Waals surface area (Å²) in [6, 6.07) is 15.5. The second-order valence-electron chi connectivity index (χ2n) is 7.98. The Bertz CT molecular complexity index is 1030. The molecule has 0 bridgehead atoms. The Labute approximate surface area is 187 Å². The Morgan fingerprint density at radius 2 is 1.81 bits per heavy atom. The van der Waals surface area contributed by atoms with Crippen molar-refractivity contribution in [1.29, 1.82) is 0 Å². The van der Waals surface area contributed by atoms with Gasteiger partial charge in [0.25, 0.3) is 5.91 Å². The van der Waals surface area contributed by atoms with Gasteiger partial charge in [-0.3, -0.25) is 4.79 Å². The van der Waals surface area contributed by atoms with Crippen molar-refractivity contribution in [2.24, 2.45) is 0 Å². The van der Waals surface area contributed by atoms with Gasteiger partial charge in [-0.05, 0) is 49.7 Å². The van der Waals surface area contributed by atoms with Crippen LogP contribution in [0.15, 0.2) is 59.1 Å². The maximum atomic E-state index is 13.5. The highest BCUT2D eigenvalue weighted by Gasteiger charge is 2.29. The first-order valence-corrected chi connectivity index (χ1v) is 11.0.